The van der Waals surface area contributed by atoms with Crippen LogP contribution in [0.25, 0.3) is 0 Å². The molecule has 0 bridgehead atoms. The topological polar surface area (TPSA) is 161 Å². The van der Waals surface area contributed by atoms with Crippen LogP contribution >= 0.6 is 0 Å². The van der Waals surface area contributed by atoms with Gasteiger partial charge in [-0.2, -0.15) is 0 Å². The Morgan fingerprint density at radius 3 is 1.02 bits per heavy atom. The second-order valence-corrected chi connectivity index (χ2v) is 28.3. The molecule has 0 fully saturated rings. The Morgan fingerprint density at radius 1 is 0.533 bits per heavy atom. The summed E-state index contributed by atoms with van der Waals surface area (Å²) in [7, 11) is 0. The number of unbranched alkanes of at least 4 members (excludes halogenated alkanes) is 2. The van der Waals surface area contributed by atoms with Crippen LogP contribution in [0.2, 0.25) is 6.86 Å². The van der Waals surface area contributed by atoms with Crippen LogP contribution in [0.15, 0.2) is 0 Å². The Hall–Kier alpha value is -1.32. The van der Waals surface area contributed by atoms with E-state index < -0.39 is 56.9 Å². The Morgan fingerprint density at radius 2 is 0.844 bits per heavy atom. The molecule has 0 heterocycles. The average Bonchev–Trinajstić information content (AvgIpc) is 2.89. The van der Waals surface area contributed by atoms with Gasteiger partial charge in [0.05, 0.1) is 0 Å². The van der Waals surface area contributed by atoms with E-state index >= 15 is 0 Å². The Balaban J connectivity index is -0.000000622. The SMILES string of the molecule is CCCCC(CC)CC(CCCC(=O)[O-])C(=O)[O-].CCCCC(CC)CC(CCCC(=O)[O-])C(=O)[O-].C[C](C)(C)[SnH2+4][C](C)(C)C. The number of carboxylic acids is 4. The van der Waals surface area contributed by atoms with Gasteiger partial charge in [-0.3, -0.25) is 0 Å². The summed E-state index contributed by atoms with van der Waals surface area (Å²) in [6.07, 6.45) is 10.9. The van der Waals surface area contributed by atoms with Crippen molar-refractivity contribution in [3.05, 3.63) is 0 Å². The van der Waals surface area contributed by atoms with Crippen molar-refractivity contribution in [2.45, 2.75) is 179 Å². The Bertz CT molecular complexity index is 721. The summed E-state index contributed by atoms with van der Waals surface area (Å²) in [5.41, 5.74) is 0. The van der Waals surface area contributed by atoms with E-state index in [1.807, 2.05) is 0 Å². The summed E-state index contributed by atoms with van der Waals surface area (Å²) in [6.45, 7) is 22.7. The number of rotatable bonds is 22. The van der Waals surface area contributed by atoms with E-state index in [-0.39, 0.29) is 12.8 Å². The predicted octanol–water partition coefficient (Wildman–Crippen LogP) is 4.35. The van der Waals surface area contributed by atoms with Gasteiger partial charge in [-0.15, -0.1) is 0 Å². The van der Waals surface area contributed by atoms with E-state index in [1.165, 1.54) is 0 Å². The van der Waals surface area contributed by atoms with Crippen LogP contribution in [0.1, 0.15) is 172 Å². The van der Waals surface area contributed by atoms with Crippen molar-refractivity contribution in [2.24, 2.45) is 23.7 Å². The molecule has 4 radical (unpaired) electrons. The first kappa shape index (κ1) is 48.1. The molecule has 0 rings (SSSR count). The number of aliphatic carboxylic acids is 4. The molecule has 4 unspecified atom stereocenters. The van der Waals surface area contributed by atoms with Gasteiger partial charge in [-0.25, -0.2) is 0 Å². The molecule has 45 heavy (non-hydrogen) atoms. The summed E-state index contributed by atoms with van der Waals surface area (Å²) >= 11 is -0.528. The normalized spacial score (nSPS) is 14.1. The molecule has 264 valence electrons. The van der Waals surface area contributed by atoms with Crippen molar-refractivity contribution >= 4 is 45.0 Å². The summed E-state index contributed by atoms with van der Waals surface area (Å²) in [4.78, 5) is 42.6. The zero-order chi connectivity index (χ0) is 35.6. The van der Waals surface area contributed by atoms with Crippen LogP contribution in [0, 0.1) is 23.7 Å². The molecule has 0 saturated heterocycles. The van der Waals surface area contributed by atoms with Crippen molar-refractivity contribution in [1.29, 1.82) is 0 Å². The summed E-state index contributed by atoms with van der Waals surface area (Å²) < 4.78 is 1.39. The summed E-state index contributed by atoms with van der Waals surface area (Å²) in [6, 6.07) is 0. The van der Waals surface area contributed by atoms with Crippen LogP contribution in [-0.2, 0) is 19.2 Å². The molecule has 0 N–H and O–H groups in total. The molecule has 4 atom stereocenters. The molecule has 0 aromatic carbocycles. The number of carboxylic acid groups (broad SMARTS) is 4. The van der Waals surface area contributed by atoms with E-state index in [0.717, 1.165) is 51.4 Å². The minimum atomic E-state index is -1.12. The number of hydrogen-bond acceptors (Lipinski definition) is 8. The fraction of sp³-hybridized carbons (Fsp3) is 0.889. The summed E-state index contributed by atoms with van der Waals surface area (Å²) in [5, 5.41) is 42.6. The summed E-state index contributed by atoms with van der Waals surface area (Å²) in [5.74, 6) is -4.59. The minimum absolute atomic E-state index is 0.0739. The molecule has 0 aromatic heterocycles. The van der Waals surface area contributed by atoms with Gasteiger partial charge in [0, 0.05) is 23.9 Å². The molecule has 0 aliphatic carbocycles. The van der Waals surface area contributed by atoms with E-state index in [2.05, 4.69) is 69.2 Å². The van der Waals surface area contributed by atoms with Crippen molar-refractivity contribution in [3.63, 3.8) is 0 Å². The second kappa shape index (κ2) is 27.8. The fourth-order valence-corrected chi connectivity index (χ4v) is 15.1. The van der Waals surface area contributed by atoms with E-state index in [9.17, 15) is 39.6 Å². The third kappa shape index (κ3) is 35.4. The molecule has 9 heteroatoms. The van der Waals surface area contributed by atoms with E-state index in [1.54, 1.807) is 0 Å². The molecule has 8 nitrogen and oxygen atoms in total. The zero-order valence-electron chi connectivity index (χ0n) is 30.6. The Kier molecular flexibility index (Phi) is 29.7. The Labute approximate surface area is 286 Å². The van der Waals surface area contributed by atoms with Crippen molar-refractivity contribution in [2.75, 3.05) is 0 Å². The van der Waals surface area contributed by atoms with Crippen LogP contribution < -0.4 is 20.4 Å². The third-order valence-electron chi connectivity index (χ3n) is 7.92. The van der Waals surface area contributed by atoms with Gasteiger partial charge in [-0.1, -0.05) is 79.1 Å². The van der Waals surface area contributed by atoms with Crippen molar-refractivity contribution in [1.82, 2.24) is 0 Å². The third-order valence-corrected chi connectivity index (χ3v) is 14.0. The van der Waals surface area contributed by atoms with E-state index in [4.69, 9.17) is 0 Å². The number of carbonyl (C=O) groups excluding carboxylic acids is 4. The van der Waals surface area contributed by atoms with Crippen molar-refractivity contribution < 1.29 is 39.6 Å². The second-order valence-electron chi connectivity index (χ2n) is 15.2. The number of carbonyl (C=O) groups is 4. The molecule has 0 spiro atoms. The predicted molar refractivity (Wildman–Crippen MR) is 179 cm³/mol. The molecular weight excluding hydrogens is 679 g/mol. The maximum atomic E-state index is 11.0. The molecule has 0 aromatic rings. The standard InChI is InChI=1S/2C14H26O4.2C4H9.Sn.2H/c2*1-3-5-7-11(4-2)10-12(14(17)18)8-6-9-13(15)16;2*1-4(2)3;;;/h2*11-12H,3-10H2,1-2H3,(H,15,16)(H,17,18);2*1-3H3;;;/q;;;;+4;;/p-4. The van der Waals surface area contributed by atoms with Crippen LogP contribution in [0.4, 0.5) is 0 Å². The van der Waals surface area contributed by atoms with Gasteiger partial charge >= 0.3 is 69.5 Å². The molecule has 0 amide bonds. The average molecular weight is 748 g/mol. The number of hydrogen-bond donors (Lipinski definition) is 0. The van der Waals surface area contributed by atoms with Gasteiger partial charge in [0.25, 0.3) is 0 Å². The monoisotopic (exact) mass is 748 g/mol. The van der Waals surface area contributed by atoms with Crippen molar-refractivity contribution in [3.8, 4) is 0 Å². The maximum absolute atomic E-state index is 11.0. The van der Waals surface area contributed by atoms with Crippen LogP contribution in [0.3, 0.4) is 0 Å². The van der Waals surface area contributed by atoms with Gasteiger partial charge in [0.15, 0.2) is 0 Å². The molecule has 0 saturated carbocycles. The van der Waals surface area contributed by atoms with Gasteiger partial charge in [0.1, 0.15) is 0 Å². The van der Waals surface area contributed by atoms with Crippen LogP contribution in [-0.4, -0.2) is 45.0 Å². The molecule has 0 aliphatic heterocycles. The first-order valence-electron chi connectivity index (χ1n) is 17.5. The van der Waals surface area contributed by atoms with E-state index in [0.29, 0.717) is 57.2 Å². The van der Waals surface area contributed by atoms with Gasteiger partial charge in [-0.05, 0) is 75.0 Å². The first-order valence-corrected chi connectivity index (χ1v) is 21.6. The quantitative estimate of drug-likeness (QED) is 0.148. The van der Waals surface area contributed by atoms with Gasteiger partial charge in [0.2, 0.25) is 0 Å². The molecule has 0 aliphatic rings. The zero-order valence-corrected chi connectivity index (χ0v) is 34.6. The van der Waals surface area contributed by atoms with Gasteiger partial charge < -0.3 is 39.6 Å². The fourth-order valence-electron chi connectivity index (χ4n) is 6.01. The van der Waals surface area contributed by atoms with Crippen LogP contribution in [0.5, 0.6) is 0 Å². The first-order chi connectivity index (χ1) is 20.7. The molecular formula is C36H68O8Sn.